The van der Waals surface area contributed by atoms with Gasteiger partial charge >= 0.3 is 0 Å². The lowest BCUT2D eigenvalue weighted by molar-refractivity contribution is 0.174. The second kappa shape index (κ2) is 9.22. The SMILES string of the molecule is C=C(/C(C)=C/C=C(C)/C(C)=C/C=CC)c1cc2c(cc1C(C)=NC)OCO2. The Bertz CT molecular complexity index is 880. The average Bonchev–Trinajstić information content (AvgIpc) is 3.15. The average molecular weight is 364 g/mol. The van der Waals surface area contributed by atoms with Crippen molar-refractivity contribution in [1.29, 1.82) is 0 Å². The Morgan fingerprint density at radius 3 is 2.07 bits per heavy atom. The molecule has 0 aromatic heterocycles. The highest BCUT2D eigenvalue weighted by molar-refractivity contribution is 6.04. The largest absolute Gasteiger partial charge is 0.454 e. The summed E-state index contributed by atoms with van der Waals surface area (Å²) < 4.78 is 11.1. The van der Waals surface area contributed by atoms with Crippen LogP contribution in [0.4, 0.5) is 0 Å². The van der Waals surface area contributed by atoms with Crippen LogP contribution in [0.1, 0.15) is 45.7 Å². The van der Waals surface area contributed by atoms with E-state index in [9.17, 15) is 0 Å². The number of hydrogen-bond acceptors (Lipinski definition) is 3. The third-order valence-corrected chi connectivity index (χ3v) is 4.78. The van der Waals surface area contributed by atoms with Gasteiger partial charge in [0.25, 0.3) is 0 Å². The molecule has 0 radical (unpaired) electrons. The van der Waals surface area contributed by atoms with Crippen molar-refractivity contribution >= 4 is 11.3 Å². The number of allylic oxidation sites excluding steroid dienone is 9. The van der Waals surface area contributed by atoms with Crippen molar-refractivity contribution in [1.82, 2.24) is 0 Å². The standard InChI is InChI=1S/C24H29NO2/c1-8-9-10-16(2)17(3)11-12-18(4)19(5)21-13-23-24(27-15-26-23)14-22(21)20(6)25-7/h8-14H,5,15H2,1-4,6-7H3/b9-8?,16-10+,17-11+,18-12+,25-20?. The number of ether oxygens (including phenoxy) is 2. The zero-order valence-electron chi connectivity index (χ0n) is 17.2. The van der Waals surface area contributed by atoms with Crippen LogP contribution >= 0.6 is 0 Å². The quantitative estimate of drug-likeness (QED) is 0.440. The summed E-state index contributed by atoms with van der Waals surface area (Å²) in [7, 11) is 1.79. The van der Waals surface area contributed by atoms with Crippen LogP contribution in [0.5, 0.6) is 11.5 Å². The summed E-state index contributed by atoms with van der Waals surface area (Å²) in [6, 6.07) is 3.99. The Morgan fingerprint density at radius 1 is 0.926 bits per heavy atom. The highest BCUT2D eigenvalue weighted by Gasteiger charge is 2.20. The number of nitrogens with zero attached hydrogens (tertiary/aromatic N) is 1. The van der Waals surface area contributed by atoms with Gasteiger partial charge < -0.3 is 9.47 Å². The topological polar surface area (TPSA) is 30.8 Å². The normalized spacial score (nSPS) is 15.6. The van der Waals surface area contributed by atoms with Crippen LogP contribution in [0.3, 0.4) is 0 Å². The van der Waals surface area contributed by atoms with Gasteiger partial charge in [-0.3, -0.25) is 4.99 Å². The minimum Gasteiger partial charge on any atom is -0.454 e. The van der Waals surface area contributed by atoms with Gasteiger partial charge in [0, 0.05) is 18.3 Å². The number of hydrogen-bond donors (Lipinski definition) is 0. The van der Waals surface area contributed by atoms with E-state index < -0.39 is 0 Å². The molecule has 2 rings (SSSR count). The van der Waals surface area contributed by atoms with Crippen molar-refractivity contribution in [3.05, 3.63) is 76.9 Å². The van der Waals surface area contributed by atoms with Gasteiger partial charge in [-0.25, -0.2) is 0 Å². The monoisotopic (exact) mass is 363 g/mol. The molecule has 0 saturated carbocycles. The highest BCUT2D eigenvalue weighted by Crippen LogP contribution is 2.38. The van der Waals surface area contributed by atoms with Gasteiger partial charge in [-0.1, -0.05) is 37.0 Å². The second-order valence-corrected chi connectivity index (χ2v) is 6.61. The third-order valence-electron chi connectivity index (χ3n) is 4.78. The fraction of sp³-hybridized carbons (Fsp3) is 0.292. The maximum Gasteiger partial charge on any atom is 0.231 e. The van der Waals surface area contributed by atoms with Gasteiger partial charge in [-0.15, -0.1) is 0 Å². The summed E-state index contributed by atoms with van der Waals surface area (Å²) in [5.74, 6) is 1.51. The lowest BCUT2D eigenvalue weighted by Crippen LogP contribution is -2.01. The molecule has 0 fully saturated rings. The fourth-order valence-corrected chi connectivity index (χ4v) is 2.68. The second-order valence-electron chi connectivity index (χ2n) is 6.61. The lowest BCUT2D eigenvalue weighted by Gasteiger charge is -2.14. The molecule has 0 spiro atoms. The number of aliphatic imine (C=N–C) groups is 1. The van der Waals surface area contributed by atoms with E-state index in [1.54, 1.807) is 7.05 Å². The molecule has 27 heavy (non-hydrogen) atoms. The van der Waals surface area contributed by atoms with Crippen molar-refractivity contribution in [3.63, 3.8) is 0 Å². The van der Waals surface area contributed by atoms with E-state index in [1.807, 2.05) is 38.1 Å². The first-order valence-electron chi connectivity index (χ1n) is 9.11. The van der Waals surface area contributed by atoms with Crippen LogP contribution < -0.4 is 9.47 Å². The summed E-state index contributed by atoms with van der Waals surface area (Å²) >= 11 is 0. The molecular formula is C24H29NO2. The molecule has 1 aromatic carbocycles. The zero-order valence-corrected chi connectivity index (χ0v) is 17.2. The Morgan fingerprint density at radius 2 is 1.48 bits per heavy atom. The first-order valence-corrected chi connectivity index (χ1v) is 9.11. The third kappa shape index (κ3) is 4.88. The van der Waals surface area contributed by atoms with Gasteiger partial charge in [-0.05, 0) is 74.6 Å². The van der Waals surface area contributed by atoms with Crippen molar-refractivity contribution in [2.75, 3.05) is 13.8 Å². The first kappa shape index (κ1) is 20.5. The maximum atomic E-state index is 5.56. The van der Waals surface area contributed by atoms with Crippen LogP contribution in [0.25, 0.3) is 5.57 Å². The van der Waals surface area contributed by atoms with E-state index in [4.69, 9.17) is 9.47 Å². The number of benzene rings is 1. The predicted molar refractivity (Wildman–Crippen MR) is 116 cm³/mol. The van der Waals surface area contributed by atoms with Crippen LogP contribution in [0.15, 0.2) is 70.8 Å². The number of fused-ring (bicyclic) bond motifs is 1. The summed E-state index contributed by atoms with van der Waals surface area (Å²) in [5, 5.41) is 0. The molecule has 1 heterocycles. The van der Waals surface area contributed by atoms with Crippen molar-refractivity contribution < 1.29 is 9.47 Å². The Balaban J connectivity index is 2.39. The summed E-state index contributed by atoms with van der Waals surface area (Å²) in [6.07, 6.45) is 10.4. The molecular weight excluding hydrogens is 334 g/mol. The van der Waals surface area contributed by atoms with Crippen LogP contribution in [0.2, 0.25) is 0 Å². The van der Waals surface area contributed by atoms with E-state index in [0.29, 0.717) is 0 Å². The van der Waals surface area contributed by atoms with Crippen molar-refractivity contribution in [2.45, 2.75) is 34.6 Å². The molecule has 0 amide bonds. The van der Waals surface area contributed by atoms with Gasteiger partial charge in [0.2, 0.25) is 6.79 Å². The van der Waals surface area contributed by atoms with E-state index in [1.165, 1.54) is 11.1 Å². The predicted octanol–water partition coefficient (Wildman–Crippen LogP) is 6.28. The lowest BCUT2D eigenvalue weighted by atomic mass is 9.92. The molecule has 3 heteroatoms. The molecule has 0 N–H and O–H groups in total. The highest BCUT2D eigenvalue weighted by atomic mass is 16.7. The molecule has 1 aliphatic rings. The summed E-state index contributed by atoms with van der Waals surface area (Å²) in [6.45, 7) is 14.9. The van der Waals surface area contributed by atoms with E-state index in [-0.39, 0.29) is 6.79 Å². The van der Waals surface area contributed by atoms with Crippen LogP contribution in [0, 0.1) is 0 Å². The fourth-order valence-electron chi connectivity index (χ4n) is 2.68. The summed E-state index contributed by atoms with van der Waals surface area (Å²) in [4.78, 5) is 4.35. The van der Waals surface area contributed by atoms with E-state index >= 15 is 0 Å². The first-order chi connectivity index (χ1) is 12.9. The molecule has 1 aromatic rings. The van der Waals surface area contributed by atoms with Crippen LogP contribution in [-0.2, 0) is 0 Å². The van der Waals surface area contributed by atoms with Crippen molar-refractivity contribution in [2.24, 2.45) is 4.99 Å². The van der Waals surface area contributed by atoms with Gasteiger partial charge in [-0.2, -0.15) is 0 Å². The maximum absolute atomic E-state index is 5.56. The smallest absolute Gasteiger partial charge is 0.231 e. The molecule has 0 bridgehead atoms. The van der Waals surface area contributed by atoms with Gasteiger partial charge in [0.15, 0.2) is 11.5 Å². The molecule has 0 aliphatic carbocycles. The number of rotatable bonds is 6. The minimum atomic E-state index is 0.252. The van der Waals surface area contributed by atoms with Crippen LogP contribution in [-0.4, -0.2) is 19.6 Å². The Labute approximate surface area is 163 Å². The molecule has 3 nitrogen and oxygen atoms in total. The molecule has 0 atom stereocenters. The van der Waals surface area contributed by atoms with E-state index in [0.717, 1.165) is 39.5 Å². The van der Waals surface area contributed by atoms with Gasteiger partial charge in [0.1, 0.15) is 0 Å². The Kier molecular flexibility index (Phi) is 7.00. The zero-order chi connectivity index (χ0) is 20.0. The minimum absolute atomic E-state index is 0.252. The van der Waals surface area contributed by atoms with E-state index in [2.05, 4.69) is 50.6 Å². The molecule has 0 saturated heterocycles. The molecule has 0 unspecified atom stereocenters. The summed E-state index contributed by atoms with van der Waals surface area (Å²) in [5.41, 5.74) is 7.47. The molecule has 142 valence electrons. The Hall–Kier alpha value is -2.81. The van der Waals surface area contributed by atoms with Crippen molar-refractivity contribution in [3.8, 4) is 11.5 Å². The van der Waals surface area contributed by atoms with Gasteiger partial charge in [0.05, 0.1) is 0 Å². The molecule has 1 aliphatic heterocycles.